The Labute approximate surface area is 313 Å². The van der Waals surface area contributed by atoms with Crippen LogP contribution in [-0.4, -0.2) is 0 Å². The molecule has 0 bridgehead atoms. The first-order valence-corrected chi connectivity index (χ1v) is 21.1. The van der Waals surface area contributed by atoms with Gasteiger partial charge in [0.15, 0.2) is 0 Å². The van der Waals surface area contributed by atoms with Crippen molar-refractivity contribution in [1.29, 1.82) is 0 Å². The first-order chi connectivity index (χ1) is 25.6. The van der Waals surface area contributed by atoms with Crippen molar-refractivity contribution in [2.75, 3.05) is 0 Å². The van der Waals surface area contributed by atoms with Crippen LogP contribution < -0.4 is 21.2 Å². The molecule has 7 rings (SSSR count). The molecular weight excluding hydrogens is 662 g/mol. The number of hydrogen-bond donors (Lipinski definition) is 0. The zero-order valence-corrected chi connectivity index (χ0v) is 32.2. The highest BCUT2D eigenvalue weighted by Gasteiger charge is 2.30. The topological polar surface area (TPSA) is 0 Å². The van der Waals surface area contributed by atoms with Gasteiger partial charge in [0.2, 0.25) is 0 Å². The molecule has 0 amide bonds. The van der Waals surface area contributed by atoms with Crippen LogP contribution in [0.5, 0.6) is 0 Å². The fraction of sp³-hybridized carbons (Fsp3) is 0.120. The number of allylic oxidation sites excluding steroid dienone is 6. The molecule has 6 aromatic rings. The number of hydrogen-bond acceptors (Lipinski definition) is 0. The van der Waals surface area contributed by atoms with Crippen molar-refractivity contribution in [1.82, 2.24) is 0 Å². The molecule has 0 heterocycles. The second kappa shape index (κ2) is 17.1. The van der Waals surface area contributed by atoms with Crippen LogP contribution in [0.15, 0.2) is 216 Å². The van der Waals surface area contributed by atoms with Gasteiger partial charge in [-0.15, -0.1) is 0 Å². The van der Waals surface area contributed by atoms with E-state index < -0.39 is 15.8 Å². The lowest BCUT2D eigenvalue weighted by molar-refractivity contribution is 0.732. The lowest BCUT2D eigenvalue weighted by Gasteiger charge is -2.24. The smallest absolute Gasteiger partial charge is 0.00598 e. The molecule has 6 aromatic carbocycles. The van der Waals surface area contributed by atoms with Gasteiger partial charge in [0, 0.05) is 5.92 Å². The molecule has 0 aliphatic heterocycles. The number of rotatable bonds is 12. The highest BCUT2D eigenvalue weighted by atomic mass is 31.1. The maximum absolute atomic E-state index is 2.61. The van der Waals surface area contributed by atoms with Gasteiger partial charge in [-0.1, -0.05) is 193 Å². The third-order valence-corrected chi connectivity index (χ3v) is 14.9. The molecule has 0 saturated carbocycles. The lowest BCUT2D eigenvalue weighted by atomic mass is 9.83. The zero-order chi connectivity index (χ0) is 35.7. The number of benzene rings is 6. The van der Waals surface area contributed by atoms with E-state index in [0.717, 1.165) is 12.8 Å². The van der Waals surface area contributed by atoms with Gasteiger partial charge in [-0.05, 0) is 116 Å². The summed E-state index contributed by atoms with van der Waals surface area (Å²) in [4.78, 5) is 0. The second-order valence-electron chi connectivity index (χ2n) is 13.5. The third kappa shape index (κ3) is 8.27. The molecule has 1 aliphatic rings. The van der Waals surface area contributed by atoms with Crippen molar-refractivity contribution < 1.29 is 0 Å². The second-order valence-corrected chi connectivity index (χ2v) is 17.6. The summed E-state index contributed by atoms with van der Waals surface area (Å²) in [5.41, 5.74) is 11.4. The molecule has 2 heteroatoms. The monoisotopic (exact) mass is 708 g/mol. The van der Waals surface area contributed by atoms with Gasteiger partial charge < -0.3 is 0 Å². The summed E-state index contributed by atoms with van der Waals surface area (Å²) in [5.74, 6) is 5.54. The van der Waals surface area contributed by atoms with Crippen molar-refractivity contribution in [3.63, 3.8) is 0 Å². The van der Waals surface area contributed by atoms with Crippen molar-refractivity contribution in [2.45, 2.75) is 33.6 Å². The molecule has 0 aromatic heterocycles. The molecule has 1 atom stereocenters. The highest BCUT2D eigenvalue weighted by Crippen LogP contribution is 2.49. The minimum Gasteiger partial charge on any atom is -0.0626 e. The van der Waals surface area contributed by atoms with Crippen molar-refractivity contribution in [2.24, 2.45) is 5.92 Å². The minimum absolute atomic E-state index is 0.321. The van der Waals surface area contributed by atoms with Gasteiger partial charge in [0.05, 0.1) is 0 Å². The van der Waals surface area contributed by atoms with Crippen molar-refractivity contribution in [3.05, 3.63) is 227 Å². The van der Waals surface area contributed by atoms with E-state index in [4.69, 9.17) is 0 Å². The fourth-order valence-corrected chi connectivity index (χ4v) is 11.6. The third-order valence-electron chi connectivity index (χ3n) is 10.4. The predicted molar refractivity (Wildman–Crippen MR) is 231 cm³/mol. The Morgan fingerprint density at radius 2 is 0.750 bits per heavy atom. The molecular formula is C50H46P2. The summed E-state index contributed by atoms with van der Waals surface area (Å²) in [6, 6.07) is 66.5. The maximum atomic E-state index is 2.61. The van der Waals surface area contributed by atoms with Gasteiger partial charge in [0.1, 0.15) is 0 Å². The predicted octanol–water partition coefficient (Wildman–Crippen LogP) is 12.4. The first kappa shape index (κ1) is 35.5. The molecule has 1 aliphatic carbocycles. The van der Waals surface area contributed by atoms with Crippen molar-refractivity contribution in [3.8, 4) is 0 Å². The molecule has 0 saturated heterocycles. The molecule has 0 radical (unpaired) electrons. The van der Waals surface area contributed by atoms with Gasteiger partial charge in [-0.3, -0.25) is 0 Å². The van der Waals surface area contributed by atoms with E-state index in [1.165, 1.54) is 60.2 Å². The average molecular weight is 709 g/mol. The average Bonchev–Trinajstić information content (AvgIpc) is 3.41. The van der Waals surface area contributed by atoms with E-state index in [1.54, 1.807) is 5.57 Å². The fourth-order valence-electron chi connectivity index (χ4n) is 7.31. The zero-order valence-electron chi connectivity index (χ0n) is 30.4. The van der Waals surface area contributed by atoms with Crippen LogP contribution in [0.25, 0.3) is 11.1 Å². The first-order valence-electron chi connectivity index (χ1n) is 18.2. The molecule has 0 spiro atoms. The molecule has 1 unspecified atom stereocenters. The maximum Gasteiger partial charge on any atom is 0.00598 e. The van der Waals surface area contributed by atoms with E-state index in [2.05, 4.69) is 214 Å². The quantitative estimate of drug-likeness (QED) is 0.111. The van der Waals surface area contributed by atoms with Gasteiger partial charge in [-0.25, -0.2) is 0 Å². The van der Waals surface area contributed by atoms with E-state index in [-0.39, 0.29) is 0 Å². The Morgan fingerprint density at radius 3 is 1.13 bits per heavy atom. The van der Waals surface area contributed by atoms with Crippen LogP contribution in [0.3, 0.4) is 0 Å². The Bertz CT molecular complexity index is 2100. The Balaban J connectivity index is 1.33. The Kier molecular flexibility index (Phi) is 11.7. The lowest BCUT2D eigenvalue weighted by Crippen LogP contribution is -2.11. The summed E-state index contributed by atoms with van der Waals surface area (Å²) in [6.07, 6.45) is 1.88. The van der Waals surface area contributed by atoms with Crippen LogP contribution in [0, 0.1) is 5.92 Å². The molecule has 52 heavy (non-hydrogen) atoms. The van der Waals surface area contributed by atoms with Crippen LogP contribution in [0.4, 0.5) is 0 Å². The largest absolute Gasteiger partial charge is 0.0626 e. The van der Waals surface area contributed by atoms with Crippen LogP contribution in [0.1, 0.15) is 44.7 Å². The van der Waals surface area contributed by atoms with Gasteiger partial charge in [-0.2, -0.15) is 0 Å². The van der Waals surface area contributed by atoms with E-state index in [9.17, 15) is 0 Å². The van der Waals surface area contributed by atoms with Crippen molar-refractivity contribution >= 4 is 48.2 Å². The SMILES string of the molecule is CC1=C(C)C(C/C(=C/P(c2ccccc2)c2ccccc2)c2ccccc2)C(C/C(=C/P(c2ccccc2)c2ccccc2)c2ccccc2)=C1C. The van der Waals surface area contributed by atoms with Crippen LogP contribution in [-0.2, 0) is 0 Å². The normalized spacial score (nSPS) is 15.2. The van der Waals surface area contributed by atoms with Gasteiger partial charge in [0.25, 0.3) is 0 Å². The Hall–Kier alpha value is -4.86. The summed E-state index contributed by atoms with van der Waals surface area (Å²) in [7, 11) is -1.41. The summed E-state index contributed by atoms with van der Waals surface area (Å²) in [6.45, 7) is 7.08. The highest BCUT2D eigenvalue weighted by molar-refractivity contribution is 7.76. The summed E-state index contributed by atoms with van der Waals surface area (Å²) in [5, 5.41) is 5.51. The van der Waals surface area contributed by atoms with Crippen LogP contribution in [0.2, 0.25) is 0 Å². The summed E-state index contributed by atoms with van der Waals surface area (Å²) < 4.78 is 0. The molecule has 0 N–H and O–H groups in total. The summed E-state index contributed by atoms with van der Waals surface area (Å²) >= 11 is 0. The Morgan fingerprint density at radius 1 is 0.423 bits per heavy atom. The van der Waals surface area contributed by atoms with Crippen LogP contribution >= 0.6 is 15.8 Å². The van der Waals surface area contributed by atoms with E-state index in [0.29, 0.717) is 5.92 Å². The molecule has 256 valence electrons. The minimum atomic E-state index is -0.708. The standard InChI is InChI=1S/C50H46P2/c1-38-39(2)49(34-43(41-22-10-4-11-23-41)36-51(45-26-14-6-15-27-45)46-28-16-7-17-29-46)50(40(38)3)35-44(42-24-12-5-13-25-42)37-52(47-30-18-8-19-31-47)48-32-20-9-21-33-48/h4-33,36-37,49H,34-35H2,1-3H3/b43-36-,44-37-. The molecule has 0 fully saturated rings. The van der Waals surface area contributed by atoms with E-state index >= 15 is 0 Å². The van der Waals surface area contributed by atoms with E-state index in [1.807, 2.05) is 0 Å². The molecule has 0 nitrogen and oxygen atoms in total. The van der Waals surface area contributed by atoms with Gasteiger partial charge >= 0.3 is 0 Å².